The zero-order valence-corrected chi connectivity index (χ0v) is 22.7. The number of hydrogen-bond donors (Lipinski definition) is 2. The average molecular weight is 607 g/mol. The molecule has 11 heteroatoms. The summed E-state index contributed by atoms with van der Waals surface area (Å²) in [5.74, 6) is 0. The van der Waals surface area contributed by atoms with Gasteiger partial charge in [-0.15, -0.1) is 0 Å². The largest absolute Gasteiger partial charge is 0.297 e. The number of nitrogens with zero attached hydrogens (tertiary/aromatic N) is 4. The third-order valence-electron chi connectivity index (χ3n) is 6.75. The molecule has 0 bridgehead atoms. The van der Waals surface area contributed by atoms with Gasteiger partial charge in [-0.2, -0.15) is 10.2 Å². The van der Waals surface area contributed by atoms with Crippen molar-refractivity contribution in [2.24, 2.45) is 0 Å². The number of benzene rings is 5. The van der Waals surface area contributed by atoms with E-state index in [4.69, 9.17) is 0 Å². The molecule has 10 nitrogen and oxygen atoms in total. The van der Waals surface area contributed by atoms with Gasteiger partial charge in [0.15, 0.2) is 11.0 Å². The molecule has 5 aromatic carbocycles. The molecule has 0 amide bonds. The number of halogens is 1. The zero-order chi connectivity index (χ0) is 28.5. The van der Waals surface area contributed by atoms with E-state index in [0.717, 1.165) is 22.2 Å². The Bertz CT molecular complexity index is 2080. The van der Waals surface area contributed by atoms with Crippen molar-refractivity contribution in [1.82, 2.24) is 20.4 Å². The third-order valence-corrected chi connectivity index (χ3v) is 7.35. The van der Waals surface area contributed by atoms with E-state index in [2.05, 4.69) is 78.8 Å². The maximum absolute atomic E-state index is 11.2. The van der Waals surface area contributed by atoms with Gasteiger partial charge in [0.25, 0.3) is 11.4 Å². The lowest BCUT2D eigenvalue weighted by molar-refractivity contribution is -0.383. The van der Waals surface area contributed by atoms with Crippen LogP contribution in [0.4, 0.5) is 11.4 Å². The van der Waals surface area contributed by atoms with Gasteiger partial charge < -0.3 is 0 Å². The molecule has 7 aromatic rings. The summed E-state index contributed by atoms with van der Waals surface area (Å²) in [4.78, 5) is 20.9. The Morgan fingerprint density at radius 1 is 0.585 bits per heavy atom. The van der Waals surface area contributed by atoms with Crippen molar-refractivity contribution < 1.29 is 9.85 Å². The monoisotopic (exact) mass is 606 g/mol. The molecule has 2 heterocycles. The minimum Gasteiger partial charge on any atom is -0.276 e. The summed E-state index contributed by atoms with van der Waals surface area (Å²) < 4.78 is 0.659. The Kier molecular flexibility index (Phi) is 6.70. The third kappa shape index (κ3) is 4.79. The fourth-order valence-electron chi connectivity index (χ4n) is 4.82. The van der Waals surface area contributed by atoms with Gasteiger partial charge in [-0.3, -0.25) is 30.4 Å². The molecule has 0 saturated carbocycles. The molecular formula is C30H19BrN6O4. The van der Waals surface area contributed by atoms with E-state index in [1.165, 1.54) is 28.5 Å². The number of H-pyrrole nitrogens is 2. The van der Waals surface area contributed by atoms with Gasteiger partial charge >= 0.3 is 0 Å². The van der Waals surface area contributed by atoms with Gasteiger partial charge in [-0.05, 0) is 43.9 Å². The number of nitro groups is 2. The molecule has 0 radical (unpaired) electrons. The van der Waals surface area contributed by atoms with Crippen molar-refractivity contribution in [1.29, 1.82) is 0 Å². The lowest BCUT2D eigenvalue weighted by Gasteiger charge is -2.08. The van der Waals surface area contributed by atoms with Crippen molar-refractivity contribution in [3.05, 3.63) is 128 Å². The van der Waals surface area contributed by atoms with Gasteiger partial charge in [0, 0.05) is 28.5 Å². The fraction of sp³-hybridized carbons (Fsp3) is 0. The number of nitro benzene ring substituents is 2. The highest BCUT2D eigenvalue weighted by Crippen LogP contribution is 2.34. The molecule has 0 unspecified atom stereocenters. The Labute approximate surface area is 240 Å². The number of rotatable bonds is 4. The molecule has 0 saturated heterocycles. The molecular weight excluding hydrogens is 588 g/mol. The SMILES string of the molecule is O=[N+]([O-])c1cccc2c(-c3ccc(-c4cccc5ccccc45)cc3)[nH]nc12.O=[N+]([O-])c1cccc2c(Br)[nH]nc12. The van der Waals surface area contributed by atoms with Crippen molar-refractivity contribution in [2.45, 2.75) is 0 Å². The standard InChI is InChI=1S/C23H15N3O2.C7H4BrN3O2/c27-26(28)21-10-4-9-20-22(24-25-23(20)21)17-13-11-16(12-14-17)19-8-3-6-15-5-1-2-7-18(15)19;8-7-4-2-1-3-5(11(12)13)6(4)9-10-7/h1-14H,(H,24,25);1-3H,(H,9,10). The summed E-state index contributed by atoms with van der Waals surface area (Å²) in [5.41, 5.74) is 4.78. The molecule has 0 fully saturated rings. The summed E-state index contributed by atoms with van der Waals surface area (Å²) in [6.07, 6.45) is 0. The normalized spacial score (nSPS) is 11.0. The van der Waals surface area contributed by atoms with E-state index < -0.39 is 9.85 Å². The van der Waals surface area contributed by atoms with Crippen LogP contribution < -0.4 is 0 Å². The van der Waals surface area contributed by atoms with Crippen LogP contribution in [0.15, 0.2) is 108 Å². The molecule has 0 aliphatic carbocycles. The van der Waals surface area contributed by atoms with Crippen LogP contribution in [0.2, 0.25) is 0 Å². The molecule has 200 valence electrons. The van der Waals surface area contributed by atoms with Crippen LogP contribution >= 0.6 is 15.9 Å². The van der Waals surface area contributed by atoms with E-state index in [1.807, 2.05) is 30.3 Å². The van der Waals surface area contributed by atoms with Crippen LogP contribution in [0.3, 0.4) is 0 Å². The van der Waals surface area contributed by atoms with E-state index >= 15 is 0 Å². The van der Waals surface area contributed by atoms with E-state index in [9.17, 15) is 20.2 Å². The van der Waals surface area contributed by atoms with Gasteiger partial charge in [0.05, 0.1) is 15.5 Å². The zero-order valence-electron chi connectivity index (χ0n) is 21.1. The molecule has 0 aliphatic heterocycles. The van der Waals surface area contributed by atoms with Crippen LogP contribution in [0.25, 0.3) is 55.0 Å². The summed E-state index contributed by atoms with van der Waals surface area (Å²) in [6, 6.07) is 32.6. The first-order valence-electron chi connectivity index (χ1n) is 12.4. The van der Waals surface area contributed by atoms with Gasteiger partial charge in [0.1, 0.15) is 4.60 Å². The van der Waals surface area contributed by atoms with Crippen LogP contribution in [-0.2, 0) is 0 Å². The first-order valence-corrected chi connectivity index (χ1v) is 13.2. The minimum atomic E-state index is -0.449. The van der Waals surface area contributed by atoms with Crippen molar-refractivity contribution in [3.63, 3.8) is 0 Å². The van der Waals surface area contributed by atoms with E-state index in [-0.39, 0.29) is 11.4 Å². The predicted molar refractivity (Wildman–Crippen MR) is 162 cm³/mol. The van der Waals surface area contributed by atoms with Crippen LogP contribution in [-0.4, -0.2) is 30.2 Å². The van der Waals surface area contributed by atoms with Crippen LogP contribution in [0.1, 0.15) is 0 Å². The van der Waals surface area contributed by atoms with E-state index in [0.29, 0.717) is 21.0 Å². The van der Waals surface area contributed by atoms with E-state index in [1.54, 1.807) is 18.2 Å². The molecule has 2 N–H and O–H groups in total. The van der Waals surface area contributed by atoms with Gasteiger partial charge in [-0.1, -0.05) is 84.9 Å². The Morgan fingerprint density at radius 2 is 1.12 bits per heavy atom. The summed E-state index contributed by atoms with van der Waals surface area (Å²) in [5, 5.41) is 39.2. The Morgan fingerprint density at radius 3 is 1.83 bits per heavy atom. The van der Waals surface area contributed by atoms with Crippen molar-refractivity contribution in [2.75, 3.05) is 0 Å². The number of fused-ring (bicyclic) bond motifs is 3. The van der Waals surface area contributed by atoms with Crippen LogP contribution in [0, 0.1) is 20.2 Å². The number of nitrogens with one attached hydrogen (secondary N) is 2. The number of aromatic amines is 2. The number of hydrogen-bond acceptors (Lipinski definition) is 6. The lowest BCUT2D eigenvalue weighted by Crippen LogP contribution is -1.88. The van der Waals surface area contributed by atoms with Crippen molar-refractivity contribution in [3.8, 4) is 22.4 Å². The van der Waals surface area contributed by atoms with Gasteiger partial charge in [-0.25, -0.2) is 0 Å². The summed E-state index contributed by atoms with van der Waals surface area (Å²) in [6.45, 7) is 0. The topological polar surface area (TPSA) is 144 Å². The Hall–Kier alpha value is -5.42. The number of non-ortho nitro benzene ring substituents is 2. The van der Waals surface area contributed by atoms with Crippen molar-refractivity contribution >= 4 is 59.9 Å². The smallest absolute Gasteiger partial charge is 0.276 e. The highest BCUT2D eigenvalue weighted by atomic mass is 79.9. The highest BCUT2D eigenvalue weighted by Gasteiger charge is 2.18. The predicted octanol–water partition coefficient (Wildman–Crippen LogP) is 8.19. The second-order valence-corrected chi connectivity index (χ2v) is 9.89. The molecule has 0 aliphatic rings. The number of aromatic nitrogens is 4. The molecule has 0 spiro atoms. The molecule has 41 heavy (non-hydrogen) atoms. The number of para-hydroxylation sites is 2. The first kappa shape index (κ1) is 25.8. The fourth-order valence-corrected chi connectivity index (χ4v) is 5.23. The highest BCUT2D eigenvalue weighted by molar-refractivity contribution is 9.10. The summed E-state index contributed by atoms with van der Waals surface area (Å²) >= 11 is 3.21. The first-order chi connectivity index (χ1) is 19.9. The maximum atomic E-state index is 11.2. The minimum absolute atomic E-state index is 0.00683. The molecule has 2 aromatic heterocycles. The molecule has 0 atom stereocenters. The molecule has 7 rings (SSSR count). The maximum Gasteiger partial charge on any atom is 0.297 e. The summed E-state index contributed by atoms with van der Waals surface area (Å²) in [7, 11) is 0. The average Bonchev–Trinajstić information content (AvgIpc) is 3.61. The van der Waals surface area contributed by atoms with Crippen LogP contribution in [0.5, 0.6) is 0 Å². The lowest BCUT2D eigenvalue weighted by atomic mass is 9.97. The quantitative estimate of drug-likeness (QED) is 0.153. The second kappa shape index (κ2) is 10.6. The Balaban J connectivity index is 0.000000195. The second-order valence-electron chi connectivity index (χ2n) is 9.10. The van der Waals surface area contributed by atoms with Gasteiger partial charge in [0.2, 0.25) is 0 Å².